The monoisotopic (exact) mass is 446 g/mol. The Morgan fingerprint density at radius 1 is 1.25 bits per heavy atom. The van der Waals surface area contributed by atoms with E-state index in [0.29, 0.717) is 24.7 Å². The van der Waals surface area contributed by atoms with Crippen LogP contribution >= 0.6 is 0 Å². The number of halogens is 3. The third-order valence-electron chi connectivity index (χ3n) is 5.67. The number of nitrogens with zero attached hydrogens (tertiary/aromatic N) is 5. The second-order valence-electron chi connectivity index (χ2n) is 8.00. The van der Waals surface area contributed by atoms with E-state index in [1.807, 2.05) is 11.8 Å². The van der Waals surface area contributed by atoms with Gasteiger partial charge in [0.1, 0.15) is 6.33 Å². The fraction of sp³-hybridized carbons (Fsp3) is 0.455. The highest BCUT2D eigenvalue weighted by atomic mass is 19.3. The van der Waals surface area contributed by atoms with E-state index < -0.39 is 11.7 Å². The lowest BCUT2D eigenvalue weighted by Gasteiger charge is -2.27. The third kappa shape index (κ3) is 4.39. The Balaban J connectivity index is 1.59. The molecule has 1 aliphatic rings. The van der Waals surface area contributed by atoms with E-state index in [4.69, 9.17) is 4.52 Å². The minimum atomic E-state index is -2.90. The minimum Gasteiger partial charge on any atom is -0.357 e. The Kier molecular flexibility index (Phi) is 6.03. The summed E-state index contributed by atoms with van der Waals surface area (Å²) in [7, 11) is 0. The summed E-state index contributed by atoms with van der Waals surface area (Å²) in [6, 6.07) is 5.68. The van der Waals surface area contributed by atoms with Gasteiger partial charge >= 0.3 is 0 Å². The fourth-order valence-electron chi connectivity index (χ4n) is 4.00. The summed E-state index contributed by atoms with van der Waals surface area (Å²) in [5.74, 6) is -2.40. The van der Waals surface area contributed by atoms with Crippen molar-refractivity contribution in [3.8, 4) is 0 Å². The molecule has 1 saturated heterocycles. The maximum Gasteiger partial charge on any atom is 0.270 e. The molecule has 32 heavy (non-hydrogen) atoms. The zero-order valence-corrected chi connectivity index (χ0v) is 18.1. The number of aromatic nitrogens is 4. The first-order chi connectivity index (χ1) is 15.3. The van der Waals surface area contributed by atoms with Gasteiger partial charge in [0.25, 0.3) is 5.92 Å². The van der Waals surface area contributed by atoms with Crippen LogP contribution in [-0.4, -0.2) is 26.7 Å². The Bertz CT molecular complexity index is 1070. The molecule has 2 unspecified atom stereocenters. The highest BCUT2D eigenvalue weighted by Gasteiger charge is 2.32. The summed E-state index contributed by atoms with van der Waals surface area (Å²) in [5.41, 5.74) is 0.796. The van der Waals surface area contributed by atoms with Crippen molar-refractivity contribution < 1.29 is 17.7 Å². The van der Waals surface area contributed by atoms with Gasteiger partial charge in [-0.15, -0.1) is 0 Å². The van der Waals surface area contributed by atoms with Gasteiger partial charge in [-0.25, -0.2) is 18.7 Å². The molecule has 2 aromatic heterocycles. The molecule has 0 bridgehead atoms. The van der Waals surface area contributed by atoms with E-state index in [2.05, 4.69) is 25.4 Å². The summed E-state index contributed by atoms with van der Waals surface area (Å²) in [6.07, 6.45) is 3.51. The molecule has 0 spiro atoms. The maximum atomic E-state index is 15.5. The van der Waals surface area contributed by atoms with Gasteiger partial charge in [-0.05, 0) is 24.8 Å². The van der Waals surface area contributed by atoms with Crippen molar-refractivity contribution in [3.05, 3.63) is 59.3 Å². The predicted molar refractivity (Wildman–Crippen MR) is 113 cm³/mol. The number of anilines is 2. The van der Waals surface area contributed by atoms with Gasteiger partial charge in [0.2, 0.25) is 11.7 Å². The number of rotatable bonds is 7. The Labute approximate surface area is 184 Å². The van der Waals surface area contributed by atoms with Gasteiger partial charge in [-0.2, -0.15) is 9.37 Å². The topological polar surface area (TPSA) is 80.0 Å². The smallest absolute Gasteiger partial charge is 0.270 e. The van der Waals surface area contributed by atoms with E-state index in [0.717, 1.165) is 25.3 Å². The number of benzene rings is 1. The van der Waals surface area contributed by atoms with Gasteiger partial charge in [-0.3, -0.25) is 0 Å². The summed E-state index contributed by atoms with van der Waals surface area (Å²) in [6.45, 7) is 5.08. The van der Waals surface area contributed by atoms with E-state index >= 15 is 4.39 Å². The average Bonchev–Trinajstić information content (AvgIpc) is 3.42. The van der Waals surface area contributed by atoms with E-state index in [9.17, 15) is 8.78 Å². The molecule has 3 heterocycles. The van der Waals surface area contributed by atoms with Crippen LogP contribution in [0.4, 0.5) is 24.8 Å². The van der Waals surface area contributed by atoms with Crippen molar-refractivity contribution in [2.75, 3.05) is 16.8 Å². The van der Waals surface area contributed by atoms with Gasteiger partial charge in [0, 0.05) is 26.0 Å². The van der Waals surface area contributed by atoms with Crippen LogP contribution in [0.5, 0.6) is 0 Å². The quantitative estimate of drug-likeness (QED) is 0.526. The van der Waals surface area contributed by atoms with Crippen LogP contribution in [0.2, 0.25) is 0 Å². The number of hydrogen-bond acceptors (Lipinski definition) is 7. The van der Waals surface area contributed by atoms with Gasteiger partial charge in [-0.1, -0.05) is 36.3 Å². The van der Waals surface area contributed by atoms with E-state index in [1.54, 1.807) is 19.1 Å². The second-order valence-corrected chi connectivity index (χ2v) is 8.00. The van der Waals surface area contributed by atoms with E-state index in [1.165, 1.54) is 18.5 Å². The molecule has 0 saturated carbocycles. The Morgan fingerprint density at radius 3 is 2.62 bits per heavy atom. The van der Waals surface area contributed by atoms with Gasteiger partial charge in [0.15, 0.2) is 17.5 Å². The Hall–Kier alpha value is -3.17. The van der Waals surface area contributed by atoms with Crippen molar-refractivity contribution in [1.29, 1.82) is 0 Å². The normalized spacial score (nSPS) is 17.6. The van der Waals surface area contributed by atoms with Crippen molar-refractivity contribution in [2.45, 2.75) is 58.0 Å². The van der Waals surface area contributed by atoms with Gasteiger partial charge in [0.05, 0.1) is 12.1 Å². The van der Waals surface area contributed by atoms with Crippen molar-refractivity contribution in [1.82, 2.24) is 20.1 Å². The third-order valence-corrected chi connectivity index (χ3v) is 5.67. The first-order valence-corrected chi connectivity index (χ1v) is 10.6. The molecule has 0 aliphatic carbocycles. The summed E-state index contributed by atoms with van der Waals surface area (Å²) in [5, 5.41) is 6.96. The number of nitrogens with one attached hydrogen (secondary N) is 1. The molecule has 0 amide bonds. The van der Waals surface area contributed by atoms with Crippen LogP contribution in [-0.2, 0) is 5.92 Å². The molecule has 0 radical (unpaired) electrons. The molecule has 4 rings (SSSR count). The van der Waals surface area contributed by atoms with Crippen LogP contribution in [0, 0.1) is 12.7 Å². The highest BCUT2D eigenvalue weighted by molar-refractivity contribution is 5.53. The van der Waals surface area contributed by atoms with Crippen LogP contribution in [0.3, 0.4) is 0 Å². The van der Waals surface area contributed by atoms with Crippen LogP contribution in [0.15, 0.2) is 35.1 Å². The zero-order valence-electron chi connectivity index (χ0n) is 18.1. The second kappa shape index (κ2) is 8.76. The minimum absolute atomic E-state index is 0.0483. The number of alkyl halides is 2. The summed E-state index contributed by atoms with van der Waals surface area (Å²) >= 11 is 0. The van der Waals surface area contributed by atoms with E-state index in [-0.39, 0.29) is 29.3 Å². The molecule has 7 nitrogen and oxygen atoms in total. The standard InChI is InChI=1S/C22H25F3N6O/c1-4-16(19-28-13(2)32-30-19)29-20-18(23)21(27-12-26-20)31-11-5-6-17(31)14-7-9-15(10-8-14)22(3,24)25/h7-10,12,16-17H,4-6,11H2,1-3H3,(H,26,27,29). The first-order valence-electron chi connectivity index (χ1n) is 10.6. The number of aryl methyl sites for hydroxylation is 1. The SMILES string of the molecule is CCC(Nc1ncnc(N2CCCC2c2ccc(C(C)(F)F)cc2)c1F)c1noc(C)n1. The zero-order chi connectivity index (χ0) is 22.9. The lowest BCUT2D eigenvalue weighted by Crippen LogP contribution is -2.26. The molecule has 1 fully saturated rings. The lowest BCUT2D eigenvalue weighted by atomic mass is 10.0. The van der Waals surface area contributed by atoms with Crippen molar-refractivity contribution in [3.63, 3.8) is 0 Å². The van der Waals surface area contributed by atoms with Crippen LogP contribution < -0.4 is 10.2 Å². The summed E-state index contributed by atoms with van der Waals surface area (Å²) < 4.78 is 47.6. The molecule has 1 aromatic carbocycles. The van der Waals surface area contributed by atoms with Crippen molar-refractivity contribution >= 4 is 11.6 Å². The molecule has 3 aromatic rings. The average molecular weight is 446 g/mol. The summed E-state index contributed by atoms with van der Waals surface area (Å²) in [4.78, 5) is 14.3. The number of hydrogen-bond donors (Lipinski definition) is 1. The molecule has 1 aliphatic heterocycles. The van der Waals surface area contributed by atoms with Crippen LogP contribution in [0.1, 0.15) is 68.0 Å². The molecular formula is C22H25F3N6O. The maximum absolute atomic E-state index is 15.5. The molecule has 2 atom stereocenters. The molecular weight excluding hydrogens is 421 g/mol. The largest absolute Gasteiger partial charge is 0.357 e. The highest BCUT2D eigenvalue weighted by Crippen LogP contribution is 2.38. The molecule has 1 N–H and O–H groups in total. The lowest BCUT2D eigenvalue weighted by molar-refractivity contribution is 0.0174. The Morgan fingerprint density at radius 2 is 2.00 bits per heavy atom. The van der Waals surface area contributed by atoms with Crippen molar-refractivity contribution in [2.24, 2.45) is 0 Å². The predicted octanol–water partition coefficient (Wildman–Crippen LogP) is 5.32. The van der Waals surface area contributed by atoms with Gasteiger partial charge < -0.3 is 14.7 Å². The fourth-order valence-corrected chi connectivity index (χ4v) is 4.00. The van der Waals surface area contributed by atoms with Crippen LogP contribution in [0.25, 0.3) is 0 Å². The molecule has 10 heteroatoms. The first kappa shape index (κ1) is 22.0. The molecule has 170 valence electrons.